The summed E-state index contributed by atoms with van der Waals surface area (Å²) in [5.74, 6) is 0. The fourth-order valence-corrected chi connectivity index (χ4v) is 5.20. The first-order valence-corrected chi connectivity index (χ1v) is 13.1. The molecule has 2 aliphatic rings. The number of nitro benzene ring substituents is 1. The molecular formula is C26H29F6N5O4. The standard InChI is InChI=1S/C26H29F6N5O4/c27-25(28,29)21-13-18(3-6-22(21)37(39)40)34-16-1-4-20(5-2-16)41-24(15-38)36-11-8-17(9-12-36)35-19-7-10-33-23(14-19)26(30,31)32/h3,6-7,10,13-17,20,24,34H,1-2,4-5,8-9,11-12H2,(H,33,35). The number of carbonyl (C=O) groups excluding carboxylic acids is 1. The highest BCUT2D eigenvalue weighted by Gasteiger charge is 2.39. The molecule has 1 aromatic heterocycles. The second-order valence-electron chi connectivity index (χ2n) is 10.1. The van der Waals surface area contributed by atoms with Crippen molar-refractivity contribution in [1.29, 1.82) is 0 Å². The van der Waals surface area contributed by atoms with Crippen LogP contribution in [0, 0.1) is 10.1 Å². The summed E-state index contributed by atoms with van der Waals surface area (Å²) in [5.41, 5.74) is -2.84. The monoisotopic (exact) mass is 589 g/mol. The molecule has 1 saturated carbocycles. The van der Waals surface area contributed by atoms with Gasteiger partial charge in [-0.15, -0.1) is 0 Å². The highest BCUT2D eigenvalue weighted by Crippen LogP contribution is 2.38. The highest BCUT2D eigenvalue weighted by atomic mass is 19.4. The predicted octanol–water partition coefficient (Wildman–Crippen LogP) is 5.87. The molecule has 2 N–H and O–H groups in total. The molecule has 2 heterocycles. The molecule has 1 aromatic carbocycles. The number of aldehydes is 1. The fraction of sp³-hybridized carbons (Fsp3) is 0.538. The summed E-state index contributed by atoms with van der Waals surface area (Å²) in [7, 11) is 0. The third kappa shape index (κ3) is 8.06. The quantitative estimate of drug-likeness (QED) is 0.162. The molecule has 1 unspecified atom stereocenters. The Labute approximate surface area is 231 Å². The number of nitrogens with one attached hydrogen (secondary N) is 2. The van der Waals surface area contributed by atoms with E-state index >= 15 is 0 Å². The fourth-order valence-electron chi connectivity index (χ4n) is 5.20. The number of aromatic nitrogens is 1. The van der Waals surface area contributed by atoms with Crippen LogP contribution < -0.4 is 10.6 Å². The number of carbonyl (C=O) groups is 1. The van der Waals surface area contributed by atoms with Gasteiger partial charge in [-0.1, -0.05) is 0 Å². The number of anilines is 2. The molecule has 0 spiro atoms. The second kappa shape index (κ2) is 12.6. The topological polar surface area (TPSA) is 110 Å². The summed E-state index contributed by atoms with van der Waals surface area (Å²) in [6.07, 6.45) is -5.19. The van der Waals surface area contributed by atoms with Gasteiger partial charge in [0.15, 0.2) is 12.5 Å². The molecular weight excluding hydrogens is 560 g/mol. The lowest BCUT2D eigenvalue weighted by Crippen LogP contribution is -2.48. The number of nitro groups is 1. The lowest BCUT2D eigenvalue weighted by Gasteiger charge is -2.38. The molecule has 224 valence electrons. The Morgan fingerprint density at radius 1 is 0.927 bits per heavy atom. The van der Waals surface area contributed by atoms with E-state index in [1.807, 2.05) is 4.90 Å². The molecule has 0 amide bonds. The first kappa shape index (κ1) is 30.5. The average molecular weight is 590 g/mol. The number of nitrogens with zero attached hydrogens (tertiary/aromatic N) is 3. The van der Waals surface area contributed by atoms with Crippen molar-refractivity contribution in [2.24, 2.45) is 0 Å². The summed E-state index contributed by atoms with van der Waals surface area (Å²) in [5, 5.41) is 17.1. The number of piperidine rings is 1. The minimum absolute atomic E-state index is 0.0826. The summed E-state index contributed by atoms with van der Waals surface area (Å²) in [6, 6.07) is 5.02. The zero-order chi connectivity index (χ0) is 29.8. The second-order valence-corrected chi connectivity index (χ2v) is 10.1. The van der Waals surface area contributed by atoms with Gasteiger partial charge in [0, 0.05) is 48.8 Å². The number of likely N-dealkylation sites (tertiary alicyclic amines) is 1. The molecule has 1 aliphatic carbocycles. The Bertz CT molecular complexity index is 1210. The van der Waals surface area contributed by atoms with E-state index in [4.69, 9.17) is 4.74 Å². The lowest BCUT2D eigenvalue weighted by atomic mass is 9.92. The number of pyridine rings is 1. The van der Waals surface area contributed by atoms with Gasteiger partial charge >= 0.3 is 12.4 Å². The zero-order valence-electron chi connectivity index (χ0n) is 21.8. The average Bonchev–Trinajstić information content (AvgIpc) is 2.92. The van der Waals surface area contributed by atoms with E-state index < -0.39 is 40.4 Å². The number of hydrogen-bond acceptors (Lipinski definition) is 8. The first-order valence-electron chi connectivity index (χ1n) is 13.1. The van der Waals surface area contributed by atoms with E-state index in [1.165, 1.54) is 12.1 Å². The molecule has 1 saturated heterocycles. The van der Waals surface area contributed by atoms with E-state index in [9.17, 15) is 41.3 Å². The van der Waals surface area contributed by atoms with Gasteiger partial charge in [0.1, 0.15) is 11.3 Å². The summed E-state index contributed by atoms with van der Waals surface area (Å²) >= 11 is 0. The van der Waals surface area contributed by atoms with Crippen LogP contribution in [0.1, 0.15) is 49.8 Å². The van der Waals surface area contributed by atoms with Crippen molar-refractivity contribution < 1.29 is 40.8 Å². The minimum Gasteiger partial charge on any atom is -0.382 e. The summed E-state index contributed by atoms with van der Waals surface area (Å²) in [6.45, 7) is 0.994. The van der Waals surface area contributed by atoms with Crippen molar-refractivity contribution in [3.05, 3.63) is 57.9 Å². The Morgan fingerprint density at radius 2 is 1.54 bits per heavy atom. The van der Waals surface area contributed by atoms with E-state index in [0.29, 0.717) is 63.6 Å². The Kier molecular flexibility index (Phi) is 9.37. The zero-order valence-corrected chi connectivity index (χ0v) is 21.8. The number of ether oxygens (including phenoxy) is 1. The van der Waals surface area contributed by atoms with Crippen LogP contribution in [0.5, 0.6) is 0 Å². The van der Waals surface area contributed by atoms with E-state index in [-0.39, 0.29) is 23.9 Å². The van der Waals surface area contributed by atoms with Crippen LogP contribution in [0.3, 0.4) is 0 Å². The van der Waals surface area contributed by atoms with Crippen molar-refractivity contribution in [1.82, 2.24) is 9.88 Å². The molecule has 2 fully saturated rings. The van der Waals surface area contributed by atoms with Crippen molar-refractivity contribution in [3.63, 3.8) is 0 Å². The van der Waals surface area contributed by atoms with Gasteiger partial charge in [0.2, 0.25) is 0 Å². The van der Waals surface area contributed by atoms with Gasteiger partial charge in [-0.3, -0.25) is 24.8 Å². The molecule has 0 radical (unpaired) electrons. The van der Waals surface area contributed by atoms with Gasteiger partial charge in [0.25, 0.3) is 5.69 Å². The lowest BCUT2D eigenvalue weighted by molar-refractivity contribution is -0.388. The minimum atomic E-state index is -4.87. The number of hydrogen-bond donors (Lipinski definition) is 2. The summed E-state index contributed by atoms with van der Waals surface area (Å²) in [4.78, 5) is 27.0. The Hall–Kier alpha value is -3.46. The van der Waals surface area contributed by atoms with Gasteiger partial charge in [-0.05, 0) is 62.8 Å². The van der Waals surface area contributed by atoms with E-state index in [2.05, 4.69) is 15.6 Å². The van der Waals surface area contributed by atoms with Crippen molar-refractivity contribution in [2.45, 2.75) is 75.3 Å². The molecule has 1 aliphatic heterocycles. The SMILES string of the molecule is O=CC(OC1CCC(Nc2ccc([N+](=O)[O-])c(C(F)(F)F)c2)CC1)N1CCC(Nc2ccnc(C(F)(F)F)c2)CC1. The number of benzene rings is 1. The van der Waals surface area contributed by atoms with Crippen LogP contribution in [0.15, 0.2) is 36.5 Å². The molecule has 1 atom stereocenters. The Morgan fingerprint density at radius 3 is 2.10 bits per heavy atom. The van der Waals surface area contributed by atoms with Gasteiger partial charge in [-0.25, -0.2) is 0 Å². The maximum atomic E-state index is 13.3. The van der Waals surface area contributed by atoms with Crippen molar-refractivity contribution in [3.8, 4) is 0 Å². The third-order valence-electron chi connectivity index (χ3n) is 7.30. The van der Waals surface area contributed by atoms with Gasteiger partial charge in [0.05, 0.1) is 11.0 Å². The van der Waals surface area contributed by atoms with E-state index in [0.717, 1.165) is 24.4 Å². The van der Waals surface area contributed by atoms with Crippen molar-refractivity contribution >= 4 is 23.3 Å². The smallest absolute Gasteiger partial charge is 0.382 e. The summed E-state index contributed by atoms with van der Waals surface area (Å²) < 4.78 is 84.6. The van der Waals surface area contributed by atoms with Gasteiger partial charge in [-0.2, -0.15) is 26.3 Å². The maximum Gasteiger partial charge on any atom is 0.433 e. The van der Waals surface area contributed by atoms with Crippen LogP contribution in [0.2, 0.25) is 0 Å². The molecule has 9 nitrogen and oxygen atoms in total. The number of halogens is 6. The molecule has 15 heteroatoms. The molecule has 41 heavy (non-hydrogen) atoms. The maximum absolute atomic E-state index is 13.3. The van der Waals surface area contributed by atoms with Crippen LogP contribution >= 0.6 is 0 Å². The first-order chi connectivity index (χ1) is 19.3. The van der Waals surface area contributed by atoms with Crippen LogP contribution in [0.25, 0.3) is 0 Å². The van der Waals surface area contributed by atoms with Crippen molar-refractivity contribution in [2.75, 3.05) is 23.7 Å². The van der Waals surface area contributed by atoms with Crippen LogP contribution in [-0.2, 0) is 21.9 Å². The van der Waals surface area contributed by atoms with Crippen LogP contribution in [-0.4, -0.2) is 58.6 Å². The predicted molar refractivity (Wildman–Crippen MR) is 136 cm³/mol. The molecule has 0 bridgehead atoms. The number of rotatable bonds is 9. The number of alkyl halides is 6. The molecule has 4 rings (SSSR count). The normalized spacial score (nSPS) is 21.7. The largest absolute Gasteiger partial charge is 0.433 e. The Balaban J connectivity index is 1.24. The van der Waals surface area contributed by atoms with Crippen LogP contribution in [0.4, 0.5) is 43.4 Å². The van der Waals surface area contributed by atoms with Gasteiger partial charge < -0.3 is 15.4 Å². The molecule has 2 aromatic rings. The third-order valence-corrected chi connectivity index (χ3v) is 7.30. The highest BCUT2D eigenvalue weighted by molar-refractivity contribution is 5.56. The van der Waals surface area contributed by atoms with E-state index in [1.54, 1.807) is 0 Å².